The van der Waals surface area contributed by atoms with E-state index in [1.807, 2.05) is 42.5 Å². The van der Waals surface area contributed by atoms with Gasteiger partial charge < -0.3 is 25.5 Å². The van der Waals surface area contributed by atoms with E-state index in [1.54, 1.807) is 12.1 Å². The van der Waals surface area contributed by atoms with Gasteiger partial charge in [-0.25, -0.2) is 9.18 Å². The van der Waals surface area contributed by atoms with Gasteiger partial charge in [0.15, 0.2) is 5.88 Å². The van der Waals surface area contributed by atoms with Crippen LogP contribution in [-0.4, -0.2) is 36.9 Å². The number of furan rings is 1. The standard InChI is InChI=1S/C24H28FN3O3/c25-20-10-8-18(9-11-20)7-4-14-26-24(30)28-17-21(29)16-27-23-13-12-22(31-23)15-19-5-2-1-3-6-19/h1-3,5-6,8-13,21,27,29H,4,7,14-17H2,(H2,26,28,30). The minimum atomic E-state index is -0.757. The molecule has 0 saturated heterocycles. The van der Waals surface area contributed by atoms with Crippen LogP contribution in [0.1, 0.15) is 23.3 Å². The van der Waals surface area contributed by atoms with Crippen LogP contribution in [0.5, 0.6) is 0 Å². The van der Waals surface area contributed by atoms with Crippen LogP contribution >= 0.6 is 0 Å². The molecule has 2 amide bonds. The zero-order chi connectivity index (χ0) is 21.9. The van der Waals surface area contributed by atoms with Crippen LogP contribution in [0.15, 0.2) is 71.1 Å². The zero-order valence-corrected chi connectivity index (χ0v) is 17.3. The fourth-order valence-corrected chi connectivity index (χ4v) is 3.07. The summed E-state index contributed by atoms with van der Waals surface area (Å²) >= 11 is 0. The Morgan fingerprint density at radius 3 is 2.48 bits per heavy atom. The maximum Gasteiger partial charge on any atom is 0.314 e. The Hall–Kier alpha value is -3.32. The summed E-state index contributed by atoms with van der Waals surface area (Å²) in [6, 6.07) is 19.8. The summed E-state index contributed by atoms with van der Waals surface area (Å²) in [6.45, 7) is 0.867. The van der Waals surface area contributed by atoms with Crippen LogP contribution in [-0.2, 0) is 12.8 Å². The molecule has 0 fully saturated rings. The third-order valence-electron chi connectivity index (χ3n) is 4.73. The van der Waals surface area contributed by atoms with Gasteiger partial charge in [-0.2, -0.15) is 0 Å². The van der Waals surface area contributed by atoms with Crippen LogP contribution in [0.2, 0.25) is 0 Å². The van der Waals surface area contributed by atoms with Crippen molar-refractivity contribution in [3.05, 3.63) is 89.4 Å². The molecule has 0 aliphatic carbocycles. The summed E-state index contributed by atoms with van der Waals surface area (Å²) in [4.78, 5) is 11.8. The van der Waals surface area contributed by atoms with Gasteiger partial charge in [0, 0.05) is 32.1 Å². The van der Waals surface area contributed by atoms with Crippen molar-refractivity contribution in [2.75, 3.05) is 25.0 Å². The van der Waals surface area contributed by atoms with Gasteiger partial charge >= 0.3 is 6.03 Å². The molecule has 0 spiro atoms. The number of amides is 2. The lowest BCUT2D eigenvalue weighted by Gasteiger charge is -2.13. The van der Waals surface area contributed by atoms with Crippen LogP contribution in [0.4, 0.5) is 15.1 Å². The van der Waals surface area contributed by atoms with Gasteiger partial charge in [-0.3, -0.25) is 0 Å². The second-order valence-corrected chi connectivity index (χ2v) is 7.33. The molecule has 7 heteroatoms. The normalized spacial score (nSPS) is 11.7. The van der Waals surface area contributed by atoms with Gasteiger partial charge in [0.2, 0.25) is 0 Å². The number of aliphatic hydroxyl groups is 1. The SMILES string of the molecule is O=C(NCCCc1ccc(F)cc1)NCC(O)CNc1ccc(Cc2ccccc2)o1. The highest BCUT2D eigenvalue weighted by atomic mass is 19.1. The molecule has 4 N–H and O–H groups in total. The van der Waals surface area contributed by atoms with E-state index in [2.05, 4.69) is 16.0 Å². The van der Waals surface area contributed by atoms with Crippen molar-refractivity contribution in [3.63, 3.8) is 0 Å². The maximum atomic E-state index is 12.9. The molecule has 2 aromatic carbocycles. The van der Waals surface area contributed by atoms with E-state index in [-0.39, 0.29) is 24.9 Å². The van der Waals surface area contributed by atoms with Gasteiger partial charge in [0.25, 0.3) is 0 Å². The number of aryl methyl sites for hydroxylation is 1. The highest BCUT2D eigenvalue weighted by Gasteiger charge is 2.09. The quantitative estimate of drug-likeness (QED) is 0.353. The molecule has 1 aromatic heterocycles. The van der Waals surface area contributed by atoms with E-state index >= 15 is 0 Å². The van der Waals surface area contributed by atoms with E-state index in [1.165, 1.54) is 12.1 Å². The van der Waals surface area contributed by atoms with Gasteiger partial charge in [-0.05, 0) is 42.2 Å². The van der Waals surface area contributed by atoms with Gasteiger partial charge in [-0.1, -0.05) is 42.5 Å². The Morgan fingerprint density at radius 1 is 0.935 bits per heavy atom. The summed E-state index contributed by atoms with van der Waals surface area (Å²) in [7, 11) is 0. The molecule has 1 heterocycles. The second kappa shape index (κ2) is 11.8. The minimum absolute atomic E-state index is 0.119. The lowest BCUT2D eigenvalue weighted by Crippen LogP contribution is -2.41. The number of aliphatic hydroxyl groups excluding tert-OH is 1. The number of carbonyl (C=O) groups is 1. The Bertz CT molecular complexity index is 929. The first-order valence-corrected chi connectivity index (χ1v) is 10.4. The topological polar surface area (TPSA) is 86.5 Å². The average molecular weight is 426 g/mol. The van der Waals surface area contributed by atoms with Crippen molar-refractivity contribution in [3.8, 4) is 0 Å². The fraction of sp³-hybridized carbons (Fsp3) is 0.292. The van der Waals surface area contributed by atoms with E-state index in [0.717, 1.165) is 29.7 Å². The van der Waals surface area contributed by atoms with Crippen molar-refractivity contribution in [1.82, 2.24) is 10.6 Å². The largest absolute Gasteiger partial charge is 0.445 e. The lowest BCUT2D eigenvalue weighted by atomic mass is 10.1. The van der Waals surface area contributed by atoms with Crippen molar-refractivity contribution >= 4 is 11.9 Å². The lowest BCUT2D eigenvalue weighted by molar-refractivity contribution is 0.181. The molecule has 3 rings (SSSR count). The molecule has 31 heavy (non-hydrogen) atoms. The molecule has 164 valence electrons. The Balaban J connectivity index is 1.27. The molecule has 0 bridgehead atoms. The minimum Gasteiger partial charge on any atom is -0.445 e. The first-order chi connectivity index (χ1) is 15.1. The number of anilines is 1. The number of carbonyl (C=O) groups excluding carboxylic acids is 1. The smallest absolute Gasteiger partial charge is 0.314 e. The average Bonchev–Trinajstić information content (AvgIpc) is 3.23. The molecule has 0 aliphatic rings. The number of hydrogen-bond donors (Lipinski definition) is 4. The first-order valence-electron chi connectivity index (χ1n) is 10.4. The molecule has 0 radical (unpaired) electrons. The van der Waals surface area contributed by atoms with Gasteiger partial charge in [0.1, 0.15) is 11.6 Å². The number of hydrogen-bond acceptors (Lipinski definition) is 4. The highest BCUT2D eigenvalue weighted by Crippen LogP contribution is 2.16. The first kappa shape index (κ1) is 22.4. The van der Waals surface area contributed by atoms with Crippen LogP contribution in [0.3, 0.4) is 0 Å². The van der Waals surface area contributed by atoms with Gasteiger partial charge in [0.05, 0.1) is 6.10 Å². The van der Waals surface area contributed by atoms with Crippen LogP contribution in [0.25, 0.3) is 0 Å². The number of rotatable bonds is 11. The second-order valence-electron chi connectivity index (χ2n) is 7.33. The number of benzene rings is 2. The number of nitrogens with one attached hydrogen (secondary N) is 3. The summed E-state index contributed by atoms with van der Waals surface area (Å²) < 4.78 is 18.6. The zero-order valence-electron chi connectivity index (χ0n) is 17.3. The Morgan fingerprint density at radius 2 is 1.71 bits per heavy atom. The monoisotopic (exact) mass is 425 g/mol. The molecular weight excluding hydrogens is 397 g/mol. The van der Waals surface area contributed by atoms with E-state index in [4.69, 9.17) is 4.42 Å². The summed E-state index contributed by atoms with van der Waals surface area (Å²) in [5.41, 5.74) is 2.19. The predicted octanol–water partition coefficient (Wildman–Crippen LogP) is 3.71. The molecule has 0 aliphatic heterocycles. The summed E-state index contributed by atoms with van der Waals surface area (Å²) in [5, 5.41) is 18.5. The van der Waals surface area contributed by atoms with E-state index < -0.39 is 6.10 Å². The molecule has 0 saturated carbocycles. The van der Waals surface area contributed by atoms with Crippen molar-refractivity contribution < 1.29 is 18.7 Å². The predicted molar refractivity (Wildman–Crippen MR) is 119 cm³/mol. The van der Waals surface area contributed by atoms with E-state index in [0.29, 0.717) is 18.8 Å². The highest BCUT2D eigenvalue weighted by molar-refractivity contribution is 5.73. The number of halogens is 1. The Kier molecular flexibility index (Phi) is 8.48. The number of urea groups is 1. The van der Waals surface area contributed by atoms with Crippen molar-refractivity contribution in [2.24, 2.45) is 0 Å². The molecule has 3 aromatic rings. The molecule has 1 unspecified atom stereocenters. The fourth-order valence-electron chi connectivity index (χ4n) is 3.07. The van der Waals surface area contributed by atoms with Crippen molar-refractivity contribution in [2.45, 2.75) is 25.4 Å². The maximum absolute atomic E-state index is 12.9. The third-order valence-corrected chi connectivity index (χ3v) is 4.73. The molecular formula is C24H28FN3O3. The Labute approximate surface area is 181 Å². The van der Waals surface area contributed by atoms with E-state index in [9.17, 15) is 14.3 Å². The summed E-state index contributed by atoms with van der Waals surface area (Å²) in [5.74, 6) is 1.16. The molecule has 6 nitrogen and oxygen atoms in total. The van der Waals surface area contributed by atoms with Crippen LogP contribution in [0, 0.1) is 5.82 Å². The summed E-state index contributed by atoms with van der Waals surface area (Å²) in [6.07, 6.45) is 1.44. The molecule has 1 atom stereocenters. The van der Waals surface area contributed by atoms with Crippen LogP contribution < -0.4 is 16.0 Å². The van der Waals surface area contributed by atoms with Crippen molar-refractivity contribution in [1.29, 1.82) is 0 Å². The van der Waals surface area contributed by atoms with Gasteiger partial charge in [-0.15, -0.1) is 0 Å². The third kappa shape index (κ3) is 8.14.